The average molecular weight is 207 g/mol. The van der Waals surface area contributed by atoms with Crippen LogP contribution in [-0.2, 0) is 0 Å². The molecule has 0 fully saturated rings. The summed E-state index contributed by atoms with van der Waals surface area (Å²) in [5.74, 6) is 0.0738. The minimum Gasteiger partial charge on any atom is -0.294 e. The van der Waals surface area contributed by atoms with Crippen molar-refractivity contribution in [3.05, 3.63) is 38.4 Å². The molecule has 1 aromatic rings. The molecule has 0 bridgehead atoms. The van der Waals surface area contributed by atoms with E-state index in [1.165, 1.54) is 11.3 Å². The first-order valence-electron chi connectivity index (χ1n) is 4.01. The van der Waals surface area contributed by atoms with Gasteiger partial charge in [-0.3, -0.25) is 4.79 Å². The molecule has 0 saturated heterocycles. The predicted molar refractivity (Wildman–Crippen MR) is 57.4 cm³/mol. The van der Waals surface area contributed by atoms with Crippen LogP contribution in [0.4, 0.5) is 0 Å². The lowest BCUT2D eigenvalue weighted by Gasteiger charge is -1.83. The third-order valence-corrected chi connectivity index (χ3v) is 2.58. The van der Waals surface area contributed by atoms with Crippen LogP contribution in [0.25, 0.3) is 16.5 Å². The standard InChI is InChI=1S/C9H9N3OS/c1-7(13)9-5-8(6-14-9)3-2-4-11-12-10/h2-3,5-6H,4H2,1H3. The Hall–Kier alpha value is -1.58. The maximum absolute atomic E-state index is 11.0. The maximum Gasteiger partial charge on any atom is 0.169 e. The van der Waals surface area contributed by atoms with Crippen LogP contribution in [0.2, 0.25) is 0 Å². The molecule has 0 amide bonds. The summed E-state index contributed by atoms with van der Waals surface area (Å²) in [6.07, 6.45) is 3.59. The van der Waals surface area contributed by atoms with Gasteiger partial charge in [0.25, 0.3) is 0 Å². The number of azide groups is 1. The molecule has 0 aliphatic carbocycles. The number of hydrogen-bond donors (Lipinski definition) is 0. The minimum absolute atomic E-state index is 0.0738. The van der Waals surface area contributed by atoms with E-state index in [-0.39, 0.29) is 5.78 Å². The van der Waals surface area contributed by atoms with Gasteiger partial charge in [0.15, 0.2) is 5.78 Å². The SMILES string of the molecule is CC(=O)c1cc(C=CCN=[N+]=[N-])cs1. The molecule has 14 heavy (non-hydrogen) atoms. The van der Waals surface area contributed by atoms with Crippen molar-refractivity contribution < 1.29 is 4.79 Å². The Labute approximate surface area is 85.5 Å². The van der Waals surface area contributed by atoms with Crippen molar-refractivity contribution in [3.8, 4) is 0 Å². The molecule has 1 heterocycles. The van der Waals surface area contributed by atoms with Crippen LogP contribution < -0.4 is 0 Å². The Balaban J connectivity index is 2.63. The molecular weight excluding hydrogens is 198 g/mol. The van der Waals surface area contributed by atoms with E-state index in [2.05, 4.69) is 10.0 Å². The lowest BCUT2D eigenvalue weighted by Crippen LogP contribution is -1.83. The molecule has 0 saturated carbocycles. The average Bonchev–Trinajstić information content (AvgIpc) is 2.61. The van der Waals surface area contributed by atoms with E-state index in [1.807, 2.05) is 17.5 Å². The quantitative estimate of drug-likeness (QED) is 0.323. The topological polar surface area (TPSA) is 65.8 Å². The van der Waals surface area contributed by atoms with Gasteiger partial charge in [-0.25, -0.2) is 0 Å². The van der Waals surface area contributed by atoms with Gasteiger partial charge in [-0.1, -0.05) is 17.3 Å². The molecule has 5 heteroatoms. The van der Waals surface area contributed by atoms with E-state index in [9.17, 15) is 4.79 Å². The van der Waals surface area contributed by atoms with Crippen LogP contribution >= 0.6 is 11.3 Å². The summed E-state index contributed by atoms with van der Waals surface area (Å²) in [5, 5.41) is 5.25. The molecule has 0 radical (unpaired) electrons. The molecule has 0 aromatic carbocycles. The monoisotopic (exact) mass is 207 g/mol. The van der Waals surface area contributed by atoms with Gasteiger partial charge < -0.3 is 0 Å². The van der Waals surface area contributed by atoms with Gasteiger partial charge in [-0.15, -0.1) is 11.3 Å². The fourth-order valence-corrected chi connectivity index (χ4v) is 1.68. The van der Waals surface area contributed by atoms with Crippen molar-refractivity contribution in [2.24, 2.45) is 5.11 Å². The second kappa shape index (κ2) is 5.21. The van der Waals surface area contributed by atoms with Crippen LogP contribution in [0, 0.1) is 0 Å². The van der Waals surface area contributed by atoms with E-state index in [1.54, 1.807) is 13.0 Å². The first-order chi connectivity index (χ1) is 6.74. The molecule has 0 aliphatic rings. The highest BCUT2D eigenvalue weighted by Gasteiger charge is 2.00. The number of nitrogens with zero attached hydrogens (tertiary/aromatic N) is 3. The summed E-state index contributed by atoms with van der Waals surface area (Å²) in [4.78, 5) is 14.3. The van der Waals surface area contributed by atoms with Crippen LogP contribution in [0.3, 0.4) is 0 Å². The first-order valence-corrected chi connectivity index (χ1v) is 4.89. The van der Waals surface area contributed by atoms with E-state index in [0.29, 0.717) is 6.54 Å². The third kappa shape index (κ3) is 3.05. The van der Waals surface area contributed by atoms with Gasteiger partial charge in [0.05, 0.1) is 4.88 Å². The second-order valence-corrected chi connectivity index (χ2v) is 3.53. The molecule has 1 rings (SSSR count). The summed E-state index contributed by atoms with van der Waals surface area (Å²) >= 11 is 1.42. The summed E-state index contributed by atoms with van der Waals surface area (Å²) in [6.45, 7) is 1.88. The van der Waals surface area contributed by atoms with Gasteiger partial charge in [0.2, 0.25) is 0 Å². The second-order valence-electron chi connectivity index (χ2n) is 2.62. The van der Waals surface area contributed by atoms with E-state index in [4.69, 9.17) is 5.53 Å². The van der Waals surface area contributed by atoms with E-state index >= 15 is 0 Å². The van der Waals surface area contributed by atoms with E-state index in [0.717, 1.165) is 10.4 Å². The molecule has 0 spiro atoms. The Kier molecular flexibility index (Phi) is 3.91. The molecular formula is C9H9N3OS. The number of carbonyl (C=O) groups is 1. The summed E-state index contributed by atoms with van der Waals surface area (Å²) in [6, 6.07) is 1.82. The molecule has 0 unspecified atom stereocenters. The number of carbonyl (C=O) groups excluding carboxylic acids is 1. The smallest absolute Gasteiger partial charge is 0.169 e. The van der Waals surface area contributed by atoms with Crippen molar-refractivity contribution in [2.45, 2.75) is 6.92 Å². The predicted octanol–water partition coefficient (Wildman–Crippen LogP) is 3.27. The number of ketones is 1. The normalized spacial score (nSPS) is 10.1. The number of rotatable bonds is 4. The highest BCUT2D eigenvalue weighted by Crippen LogP contribution is 2.16. The molecule has 72 valence electrons. The Morgan fingerprint density at radius 3 is 3.14 bits per heavy atom. The molecule has 0 atom stereocenters. The van der Waals surface area contributed by atoms with Gasteiger partial charge >= 0.3 is 0 Å². The number of Topliss-reactive ketones (excluding diaryl/α,β-unsaturated/α-hetero) is 1. The zero-order chi connectivity index (χ0) is 10.4. The third-order valence-electron chi connectivity index (χ3n) is 1.53. The van der Waals surface area contributed by atoms with Crippen LogP contribution in [0.5, 0.6) is 0 Å². The fraction of sp³-hybridized carbons (Fsp3) is 0.222. The van der Waals surface area contributed by atoms with Crippen LogP contribution in [0.15, 0.2) is 22.6 Å². The summed E-state index contributed by atoms with van der Waals surface area (Å²) in [7, 11) is 0. The first kappa shape index (κ1) is 10.5. The largest absolute Gasteiger partial charge is 0.294 e. The van der Waals surface area contributed by atoms with Gasteiger partial charge in [0.1, 0.15) is 0 Å². The van der Waals surface area contributed by atoms with Crippen molar-refractivity contribution in [1.29, 1.82) is 0 Å². The minimum atomic E-state index is 0.0738. The van der Waals surface area contributed by atoms with Crippen LogP contribution in [0.1, 0.15) is 22.2 Å². The maximum atomic E-state index is 11.0. The molecule has 0 N–H and O–H groups in total. The Morgan fingerprint density at radius 1 is 1.79 bits per heavy atom. The summed E-state index contributed by atoms with van der Waals surface area (Å²) < 4.78 is 0. The summed E-state index contributed by atoms with van der Waals surface area (Å²) in [5.41, 5.74) is 8.99. The molecule has 0 aliphatic heterocycles. The lowest BCUT2D eigenvalue weighted by molar-refractivity contribution is 0.102. The molecule has 1 aromatic heterocycles. The highest BCUT2D eigenvalue weighted by molar-refractivity contribution is 7.12. The fourth-order valence-electron chi connectivity index (χ4n) is 0.895. The highest BCUT2D eigenvalue weighted by atomic mass is 32.1. The zero-order valence-electron chi connectivity index (χ0n) is 7.67. The van der Waals surface area contributed by atoms with Crippen molar-refractivity contribution in [3.63, 3.8) is 0 Å². The Morgan fingerprint density at radius 2 is 2.57 bits per heavy atom. The van der Waals surface area contributed by atoms with E-state index < -0.39 is 0 Å². The lowest BCUT2D eigenvalue weighted by atomic mass is 10.2. The molecule has 4 nitrogen and oxygen atoms in total. The van der Waals surface area contributed by atoms with Gasteiger partial charge in [0, 0.05) is 11.5 Å². The number of thiophene rings is 1. The Bertz CT molecular complexity index is 402. The van der Waals surface area contributed by atoms with Gasteiger partial charge in [-0.05, 0) is 29.5 Å². The van der Waals surface area contributed by atoms with Gasteiger partial charge in [-0.2, -0.15) is 0 Å². The van der Waals surface area contributed by atoms with Crippen LogP contribution in [-0.4, -0.2) is 12.3 Å². The zero-order valence-corrected chi connectivity index (χ0v) is 8.49. The van der Waals surface area contributed by atoms with Crippen molar-refractivity contribution in [2.75, 3.05) is 6.54 Å². The van der Waals surface area contributed by atoms with Crippen molar-refractivity contribution in [1.82, 2.24) is 0 Å². The number of hydrogen-bond acceptors (Lipinski definition) is 3. The van der Waals surface area contributed by atoms with Crippen molar-refractivity contribution >= 4 is 23.2 Å².